The molecule has 3 rings (SSSR count). The van der Waals surface area contributed by atoms with E-state index in [4.69, 9.17) is 4.74 Å². The smallest absolute Gasteiger partial charge is 0.281 e. The first kappa shape index (κ1) is 19.8. The normalized spacial score (nSPS) is 16.0. The molecule has 1 aliphatic rings. The van der Waals surface area contributed by atoms with Crippen LogP contribution in [0.5, 0.6) is 11.5 Å². The van der Waals surface area contributed by atoms with Crippen molar-refractivity contribution in [1.29, 1.82) is 0 Å². The van der Waals surface area contributed by atoms with Crippen molar-refractivity contribution in [3.05, 3.63) is 49.2 Å². The average Bonchev–Trinajstić information content (AvgIpc) is 3.11. The number of thiophene rings is 1. The summed E-state index contributed by atoms with van der Waals surface area (Å²) in [6.45, 7) is 2.18. The Kier molecular flexibility index (Phi) is 5.93. The Morgan fingerprint density at radius 1 is 1.46 bits per heavy atom. The molecule has 1 amide bonds. The number of methoxy groups -OCH3 is 1. The summed E-state index contributed by atoms with van der Waals surface area (Å²) in [6.07, 6.45) is 5.54. The molecule has 0 saturated carbocycles. The second-order valence-electron chi connectivity index (χ2n) is 6.60. The second-order valence-corrected chi connectivity index (χ2v) is 7.74. The van der Waals surface area contributed by atoms with Gasteiger partial charge >= 0.3 is 0 Å². The Hall–Kier alpha value is -2.94. The van der Waals surface area contributed by atoms with Crippen molar-refractivity contribution in [2.24, 2.45) is 11.0 Å². The van der Waals surface area contributed by atoms with Gasteiger partial charge in [-0.1, -0.05) is 13.3 Å². The number of hydrogen-bond donors (Lipinski definition) is 1. The maximum Gasteiger partial charge on any atom is 0.281 e. The highest BCUT2D eigenvalue weighted by Crippen LogP contribution is 2.34. The standard InChI is InChI=1S/C19H21N3O5S/c1-3-11-4-5-16-13(6-11)9-17(28-16)19(24)21-20-10-12-7-14(22(25)26)18(23)15(8-12)27-2/h7-11,23H,3-6H2,1-2H3,(H,21,24)/p-1/b20-10-/t11-/m0/s1. The van der Waals surface area contributed by atoms with Gasteiger partial charge in [-0.3, -0.25) is 14.9 Å². The summed E-state index contributed by atoms with van der Waals surface area (Å²) in [5, 5.41) is 26.7. The lowest BCUT2D eigenvalue weighted by molar-refractivity contribution is -0.398. The largest absolute Gasteiger partial charge is 0.865 e. The predicted molar refractivity (Wildman–Crippen MR) is 104 cm³/mol. The van der Waals surface area contributed by atoms with Gasteiger partial charge in [-0.25, -0.2) is 5.43 Å². The third-order valence-electron chi connectivity index (χ3n) is 4.84. The number of benzene rings is 1. The molecule has 9 heteroatoms. The number of nitro groups is 1. The van der Waals surface area contributed by atoms with Gasteiger partial charge < -0.3 is 9.84 Å². The summed E-state index contributed by atoms with van der Waals surface area (Å²) in [4.78, 5) is 24.4. The van der Waals surface area contributed by atoms with Crippen LogP contribution in [-0.2, 0) is 12.8 Å². The van der Waals surface area contributed by atoms with Crippen LogP contribution in [0.1, 0.15) is 45.4 Å². The molecular formula is C19H20N3O5S-. The van der Waals surface area contributed by atoms with Crippen LogP contribution in [0.15, 0.2) is 23.3 Å². The van der Waals surface area contributed by atoms with E-state index in [0.717, 1.165) is 31.7 Å². The fourth-order valence-corrected chi connectivity index (χ4v) is 4.35. The molecule has 0 aliphatic heterocycles. The van der Waals surface area contributed by atoms with Crippen molar-refractivity contribution in [3.63, 3.8) is 0 Å². The first-order chi connectivity index (χ1) is 13.4. The first-order valence-electron chi connectivity index (χ1n) is 8.91. The zero-order valence-corrected chi connectivity index (χ0v) is 16.4. The summed E-state index contributed by atoms with van der Waals surface area (Å²) >= 11 is 1.48. The van der Waals surface area contributed by atoms with E-state index in [-0.39, 0.29) is 17.2 Å². The van der Waals surface area contributed by atoms with Gasteiger partial charge in [0.15, 0.2) is 0 Å². The van der Waals surface area contributed by atoms with Crippen LogP contribution >= 0.6 is 11.3 Å². The van der Waals surface area contributed by atoms with Gasteiger partial charge in [-0.2, -0.15) is 5.10 Å². The summed E-state index contributed by atoms with van der Waals surface area (Å²) in [5.41, 5.74) is 3.34. The molecule has 1 aliphatic carbocycles. The lowest BCUT2D eigenvalue weighted by Gasteiger charge is -2.19. The Bertz CT molecular complexity index is 938. The third kappa shape index (κ3) is 4.14. The van der Waals surface area contributed by atoms with Crippen molar-refractivity contribution in [2.45, 2.75) is 32.6 Å². The van der Waals surface area contributed by atoms with Gasteiger partial charge in [-0.15, -0.1) is 11.3 Å². The summed E-state index contributed by atoms with van der Waals surface area (Å²) in [7, 11) is 1.25. The van der Waals surface area contributed by atoms with Crippen molar-refractivity contribution >= 4 is 29.1 Å². The highest BCUT2D eigenvalue weighted by Gasteiger charge is 2.22. The molecule has 0 spiro atoms. The quantitative estimate of drug-likeness (QED) is 0.453. The third-order valence-corrected chi connectivity index (χ3v) is 6.08. The number of nitrogens with zero attached hydrogens (tertiary/aromatic N) is 2. The van der Waals surface area contributed by atoms with Crippen molar-refractivity contribution in [2.75, 3.05) is 7.11 Å². The molecule has 1 aromatic heterocycles. The zero-order chi connectivity index (χ0) is 20.3. The van der Waals surface area contributed by atoms with Crippen LogP contribution in [0.4, 0.5) is 5.69 Å². The molecule has 0 radical (unpaired) electrons. The number of aryl methyl sites for hydroxylation is 1. The van der Waals surface area contributed by atoms with Gasteiger partial charge in [0.1, 0.15) is 5.75 Å². The van der Waals surface area contributed by atoms with E-state index in [9.17, 15) is 20.0 Å². The fourth-order valence-electron chi connectivity index (χ4n) is 3.25. The number of nitro benzene ring substituents is 1. The molecule has 0 bridgehead atoms. The Balaban J connectivity index is 1.71. The second kappa shape index (κ2) is 8.39. The molecule has 8 nitrogen and oxygen atoms in total. The molecule has 1 N–H and O–H groups in total. The maximum atomic E-state index is 12.4. The number of rotatable bonds is 6. The molecule has 148 valence electrons. The number of ether oxygens (including phenoxy) is 1. The molecular weight excluding hydrogens is 382 g/mol. The van der Waals surface area contributed by atoms with E-state index < -0.39 is 16.4 Å². The Morgan fingerprint density at radius 3 is 2.93 bits per heavy atom. The highest BCUT2D eigenvalue weighted by molar-refractivity contribution is 7.14. The van der Waals surface area contributed by atoms with Crippen molar-refractivity contribution < 1.29 is 19.6 Å². The monoisotopic (exact) mass is 402 g/mol. The van der Waals surface area contributed by atoms with Gasteiger partial charge in [0.25, 0.3) is 11.6 Å². The van der Waals surface area contributed by atoms with Gasteiger partial charge in [0, 0.05) is 22.3 Å². The van der Waals surface area contributed by atoms with Crippen LogP contribution in [0.2, 0.25) is 0 Å². The van der Waals surface area contributed by atoms with Gasteiger partial charge in [-0.05, 0) is 42.9 Å². The van der Waals surface area contributed by atoms with E-state index >= 15 is 0 Å². The van der Waals surface area contributed by atoms with Crippen molar-refractivity contribution in [1.82, 2.24) is 5.43 Å². The number of fused-ring (bicyclic) bond motifs is 1. The van der Waals surface area contributed by atoms with Crippen LogP contribution in [-0.4, -0.2) is 24.2 Å². The molecule has 2 aromatic rings. The fraction of sp³-hybridized carbons (Fsp3) is 0.368. The molecule has 0 saturated heterocycles. The molecule has 0 fully saturated rings. The Labute approximate surface area is 166 Å². The number of carbonyl (C=O) groups excluding carboxylic acids is 1. The molecule has 1 heterocycles. The highest BCUT2D eigenvalue weighted by atomic mass is 32.1. The number of hydrogen-bond acceptors (Lipinski definition) is 7. The number of amides is 1. The first-order valence-corrected chi connectivity index (χ1v) is 9.73. The topological polar surface area (TPSA) is 117 Å². The van der Waals surface area contributed by atoms with Crippen LogP contribution in [0, 0.1) is 16.0 Å². The van der Waals surface area contributed by atoms with Gasteiger partial charge in [0.2, 0.25) is 0 Å². The SMILES string of the molecule is CC[C@H]1CCc2sc(C(=O)N/N=C\c3cc(OC)c([O-])c([N+](=O)[O-])c3)cc2C1. The number of hydrazone groups is 1. The predicted octanol–water partition coefficient (Wildman–Crippen LogP) is 3.02. The minimum absolute atomic E-state index is 0.154. The van der Waals surface area contributed by atoms with E-state index in [0.29, 0.717) is 10.8 Å². The zero-order valence-electron chi connectivity index (χ0n) is 15.6. The Morgan fingerprint density at radius 2 is 2.25 bits per heavy atom. The maximum absolute atomic E-state index is 12.4. The van der Waals surface area contributed by atoms with E-state index in [1.54, 1.807) is 0 Å². The van der Waals surface area contributed by atoms with E-state index in [1.807, 2.05) is 6.07 Å². The molecule has 0 unspecified atom stereocenters. The van der Waals surface area contributed by atoms with E-state index in [1.165, 1.54) is 41.2 Å². The molecule has 28 heavy (non-hydrogen) atoms. The van der Waals surface area contributed by atoms with Crippen molar-refractivity contribution in [3.8, 4) is 11.5 Å². The molecule has 1 atom stereocenters. The summed E-state index contributed by atoms with van der Waals surface area (Å²) in [6, 6.07) is 4.35. The number of carbonyl (C=O) groups is 1. The summed E-state index contributed by atoms with van der Waals surface area (Å²) in [5.74, 6) is -0.613. The van der Waals surface area contributed by atoms with Crippen LogP contribution in [0.25, 0.3) is 0 Å². The summed E-state index contributed by atoms with van der Waals surface area (Å²) < 4.78 is 4.87. The average molecular weight is 402 g/mol. The van der Waals surface area contributed by atoms with Crippen LogP contribution < -0.4 is 15.3 Å². The lowest BCUT2D eigenvalue weighted by atomic mass is 9.87. The van der Waals surface area contributed by atoms with Gasteiger partial charge in [0.05, 0.1) is 23.1 Å². The van der Waals surface area contributed by atoms with E-state index in [2.05, 4.69) is 17.5 Å². The lowest BCUT2D eigenvalue weighted by Crippen LogP contribution is -2.16. The van der Waals surface area contributed by atoms with Crippen LogP contribution in [0.3, 0.4) is 0 Å². The molecule has 1 aromatic carbocycles. The number of nitrogens with one attached hydrogen (secondary N) is 1. The minimum Gasteiger partial charge on any atom is -0.865 e. The minimum atomic E-state index is -0.803.